The predicted octanol–water partition coefficient (Wildman–Crippen LogP) is 3.49. The summed E-state index contributed by atoms with van der Waals surface area (Å²) >= 11 is 0. The number of hydrogen-bond acceptors (Lipinski definition) is 1. The fraction of sp³-hybridized carbons (Fsp3) is 0.786. The second-order valence-corrected chi connectivity index (χ2v) is 5.51. The van der Waals surface area contributed by atoms with Crippen molar-refractivity contribution in [1.82, 2.24) is 0 Å². The Bertz CT molecular complexity index is 302. The molecule has 3 aliphatic carbocycles. The van der Waals surface area contributed by atoms with Crippen LogP contribution < -0.4 is 0 Å². The third-order valence-electron chi connectivity index (χ3n) is 4.89. The summed E-state index contributed by atoms with van der Waals surface area (Å²) in [4.78, 5) is 11.3. The highest BCUT2D eigenvalue weighted by molar-refractivity contribution is 5.77. The molecule has 0 aromatic rings. The zero-order chi connectivity index (χ0) is 10.3. The van der Waals surface area contributed by atoms with Crippen molar-refractivity contribution in [3.8, 4) is 0 Å². The van der Waals surface area contributed by atoms with Crippen molar-refractivity contribution in [2.75, 3.05) is 0 Å². The van der Waals surface area contributed by atoms with Crippen LogP contribution in [-0.2, 0) is 4.79 Å². The van der Waals surface area contributed by atoms with Crippen LogP contribution in [0.2, 0.25) is 0 Å². The highest BCUT2D eigenvalue weighted by atomic mass is 16.1. The maximum absolute atomic E-state index is 11.3. The molecule has 3 unspecified atom stereocenters. The van der Waals surface area contributed by atoms with Crippen LogP contribution in [0.1, 0.15) is 51.4 Å². The first-order valence-electron chi connectivity index (χ1n) is 6.60. The van der Waals surface area contributed by atoms with E-state index in [0.29, 0.717) is 5.92 Å². The summed E-state index contributed by atoms with van der Waals surface area (Å²) in [6.45, 7) is 0. The second kappa shape index (κ2) is 3.77. The molecule has 82 valence electrons. The summed E-state index contributed by atoms with van der Waals surface area (Å²) in [7, 11) is 0. The lowest BCUT2D eigenvalue weighted by atomic mass is 9.72. The lowest BCUT2D eigenvalue weighted by molar-refractivity contribution is -0.105. The summed E-state index contributed by atoms with van der Waals surface area (Å²) in [5, 5.41) is 0. The van der Waals surface area contributed by atoms with Crippen LogP contribution in [0.25, 0.3) is 0 Å². The van der Waals surface area contributed by atoms with Crippen LogP contribution >= 0.6 is 0 Å². The van der Waals surface area contributed by atoms with Crippen molar-refractivity contribution >= 4 is 6.29 Å². The Morgan fingerprint density at radius 2 is 1.67 bits per heavy atom. The van der Waals surface area contributed by atoms with Gasteiger partial charge >= 0.3 is 0 Å². The smallest absolute Gasteiger partial charge is 0.146 e. The summed E-state index contributed by atoms with van der Waals surface area (Å²) in [5.41, 5.74) is 2.82. The largest absolute Gasteiger partial charge is 0.298 e. The normalized spacial score (nSPS) is 39.9. The Labute approximate surface area is 91.9 Å². The van der Waals surface area contributed by atoms with Crippen molar-refractivity contribution in [2.24, 2.45) is 17.8 Å². The molecule has 0 spiro atoms. The Morgan fingerprint density at radius 3 is 2.53 bits per heavy atom. The van der Waals surface area contributed by atoms with Crippen LogP contribution in [0.15, 0.2) is 11.1 Å². The van der Waals surface area contributed by atoms with Crippen molar-refractivity contribution in [2.45, 2.75) is 51.4 Å². The number of hydrogen-bond donors (Lipinski definition) is 0. The third kappa shape index (κ3) is 1.39. The second-order valence-electron chi connectivity index (χ2n) is 5.51. The Hall–Kier alpha value is -0.590. The van der Waals surface area contributed by atoms with E-state index in [0.717, 1.165) is 11.8 Å². The molecule has 0 radical (unpaired) electrons. The SMILES string of the molecule is O=CC1=C2CCCCC2C2CCCCC12. The first-order valence-corrected chi connectivity index (χ1v) is 6.60. The molecule has 1 nitrogen and oxygen atoms in total. The van der Waals surface area contributed by atoms with Gasteiger partial charge in [-0.25, -0.2) is 0 Å². The molecule has 0 saturated heterocycles. The molecule has 0 N–H and O–H groups in total. The van der Waals surface area contributed by atoms with E-state index >= 15 is 0 Å². The van der Waals surface area contributed by atoms with Gasteiger partial charge in [-0.15, -0.1) is 0 Å². The lowest BCUT2D eigenvalue weighted by Crippen LogP contribution is -2.23. The molecule has 0 bridgehead atoms. The van der Waals surface area contributed by atoms with E-state index in [1.807, 2.05) is 0 Å². The predicted molar refractivity (Wildman–Crippen MR) is 60.5 cm³/mol. The molecule has 2 saturated carbocycles. The Balaban J connectivity index is 1.95. The minimum Gasteiger partial charge on any atom is -0.298 e. The van der Waals surface area contributed by atoms with Gasteiger partial charge in [0.1, 0.15) is 6.29 Å². The van der Waals surface area contributed by atoms with E-state index in [1.54, 1.807) is 5.57 Å². The Morgan fingerprint density at radius 1 is 0.933 bits per heavy atom. The van der Waals surface area contributed by atoms with Crippen molar-refractivity contribution in [3.63, 3.8) is 0 Å². The molecule has 3 rings (SSSR count). The lowest BCUT2D eigenvalue weighted by Gasteiger charge is -2.32. The van der Waals surface area contributed by atoms with Crippen LogP contribution in [0.4, 0.5) is 0 Å². The fourth-order valence-corrected chi connectivity index (χ4v) is 4.30. The molecule has 0 amide bonds. The van der Waals surface area contributed by atoms with Crippen molar-refractivity contribution < 1.29 is 4.79 Å². The molecule has 0 aliphatic heterocycles. The standard InChI is InChI=1S/C14H20O/c15-9-14-12-7-3-1-5-10(12)11-6-2-4-8-13(11)14/h9-12H,1-8H2. The minimum absolute atomic E-state index is 0.661. The first kappa shape index (κ1) is 9.62. The summed E-state index contributed by atoms with van der Waals surface area (Å²) < 4.78 is 0. The van der Waals surface area contributed by atoms with Gasteiger partial charge in [-0.05, 0) is 55.4 Å². The molecular formula is C14H20O. The fourth-order valence-electron chi connectivity index (χ4n) is 4.30. The molecule has 2 fully saturated rings. The van der Waals surface area contributed by atoms with Gasteiger partial charge in [-0.1, -0.05) is 24.8 Å². The molecule has 3 aliphatic rings. The molecule has 0 aromatic heterocycles. The third-order valence-corrected chi connectivity index (χ3v) is 4.89. The topological polar surface area (TPSA) is 17.1 Å². The van der Waals surface area contributed by atoms with E-state index < -0.39 is 0 Å². The maximum Gasteiger partial charge on any atom is 0.146 e. The zero-order valence-electron chi connectivity index (χ0n) is 9.37. The molecular weight excluding hydrogens is 184 g/mol. The van der Waals surface area contributed by atoms with E-state index in [1.165, 1.54) is 63.2 Å². The van der Waals surface area contributed by atoms with E-state index in [2.05, 4.69) is 0 Å². The molecule has 1 heteroatoms. The Kier molecular flexibility index (Phi) is 2.42. The highest BCUT2D eigenvalue weighted by Gasteiger charge is 2.43. The van der Waals surface area contributed by atoms with Gasteiger partial charge < -0.3 is 0 Å². The number of carbonyl (C=O) groups is 1. The number of rotatable bonds is 1. The monoisotopic (exact) mass is 204 g/mol. The molecule has 15 heavy (non-hydrogen) atoms. The summed E-state index contributed by atoms with van der Waals surface area (Å²) in [5.74, 6) is 2.33. The van der Waals surface area contributed by atoms with Crippen LogP contribution in [-0.4, -0.2) is 6.29 Å². The number of fused-ring (bicyclic) bond motifs is 3. The number of allylic oxidation sites excluding steroid dienone is 2. The first-order chi connectivity index (χ1) is 7.42. The van der Waals surface area contributed by atoms with Crippen LogP contribution in [0.5, 0.6) is 0 Å². The van der Waals surface area contributed by atoms with Gasteiger partial charge in [0.25, 0.3) is 0 Å². The maximum atomic E-state index is 11.3. The van der Waals surface area contributed by atoms with Gasteiger partial charge in [0.05, 0.1) is 0 Å². The zero-order valence-corrected chi connectivity index (χ0v) is 9.37. The van der Waals surface area contributed by atoms with Gasteiger partial charge in [0, 0.05) is 0 Å². The number of carbonyl (C=O) groups excluding carboxylic acids is 1. The summed E-state index contributed by atoms with van der Waals surface area (Å²) in [6.07, 6.45) is 11.9. The van der Waals surface area contributed by atoms with E-state index in [-0.39, 0.29) is 0 Å². The average Bonchev–Trinajstić information content (AvgIpc) is 2.63. The van der Waals surface area contributed by atoms with E-state index in [4.69, 9.17) is 0 Å². The quantitative estimate of drug-likeness (QED) is 0.597. The average molecular weight is 204 g/mol. The van der Waals surface area contributed by atoms with Gasteiger partial charge in [-0.3, -0.25) is 4.79 Å². The van der Waals surface area contributed by atoms with Crippen molar-refractivity contribution in [1.29, 1.82) is 0 Å². The van der Waals surface area contributed by atoms with E-state index in [9.17, 15) is 4.79 Å². The van der Waals surface area contributed by atoms with Gasteiger partial charge in [-0.2, -0.15) is 0 Å². The summed E-state index contributed by atoms with van der Waals surface area (Å²) in [6, 6.07) is 0. The van der Waals surface area contributed by atoms with Gasteiger partial charge in [0.15, 0.2) is 0 Å². The van der Waals surface area contributed by atoms with Crippen LogP contribution in [0.3, 0.4) is 0 Å². The number of aldehydes is 1. The molecule has 0 aromatic carbocycles. The van der Waals surface area contributed by atoms with Crippen molar-refractivity contribution in [3.05, 3.63) is 11.1 Å². The highest BCUT2D eigenvalue weighted by Crippen LogP contribution is 2.53. The molecule has 3 atom stereocenters. The van der Waals surface area contributed by atoms with Gasteiger partial charge in [0.2, 0.25) is 0 Å². The molecule has 0 heterocycles. The minimum atomic E-state index is 0.661. The van der Waals surface area contributed by atoms with Crippen LogP contribution in [0, 0.1) is 17.8 Å².